The van der Waals surface area contributed by atoms with Gasteiger partial charge in [0.2, 0.25) is 0 Å². The Morgan fingerprint density at radius 2 is 2.00 bits per heavy atom. The molecule has 0 spiro atoms. The molecule has 0 unspecified atom stereocenters. The van der Waals surface area contributed by atoms with Crippen LogP contribution in [0.1, 0.15) is 24.3 Å². The summed E-state index contributed by atoms with van der Waals surface area (Å²) in [7, 11) is 1.91. The minimum absolute atomic E-state index is 0.242. The molecule has 0 radical (unpaired) electrons. The molecule has 5 nitrogen and oxygen atoms in total. The Hall–Kier alpha value is -2.50. The number of imidazole rings is 1. The standard InChI is InChI=1S/C17H20FN5/c1-4-13-10-16(21-11(2)20-13)19-8-7-17-22-14-6-5-12(18)9-15(14)23(17)3/h5-6,9-10H,4,7-8H2,1-3H3,(H,19,20,21). The fraction of sp³-hybridized carbons (Fsp3) is 0.353. The van der Waals surface area contributed by atoms with Gasteiger partial charge in [0.05, 0.1) is 11.0 Å². The van der Waals surface area contributed by atoms with Gasteiger partial charge in [-0.1, -0.05) is 6.92 Å². The molecule has 23 heavy (non-hydrogen) atoms. The van der Waals surface area contributed by atoms with Crippen molar-refractivity contribution in [3.05, 3.63) is 47.4 Å². The first-order valence-corrected chi connectivity index (χ1v) is 7.76. The number of nitrogens with one attached hydrogen (secondary N) is 1. The predicted octanol–water partition coefficient (Wildman–Crippen LogP) is 3.03. The number of hydrogen-bond donors (Lipinski definition) is 1. The third kappa shape index (κ3) is 3.31. The Balaban J connectivity index is 1.71. The summed E-state index contributed by atoms with van der Waals surface area (Å²) in [5, 5.41) is 3.31. The minimum Gasteiger partial charge on any atom is -0.370 e. The Kier molecular flexibility index (Phi) is 4.23. The first-order valence-electron chi connectivity index (χ1n) is 7.76. The molecule has 0 fully saturated rings. The second-order valence-electron chi connectivity index (χ2n) is 5.54. The van der Waals surface area contributed by atoms with Crippen LogP contribution in [-0.2, 0) is 19.9 Å². The number of halogens is 1. The second-order valence-corrected chi connectivity index (χ2v) is 5.54. The Labute approximate surface area is 134 Å². The average Bonchev–Trinajstić information content (AvgIpc) is 2.83. The highest BCUT2D eigenvalue weighted by Gasteiger charge is 2.08. The molecule has 3 rings (SSSR count). The monoisotopic (exact) mass is 313 g/mol. The molecule has 0 saturated carbocycles. The summed E-state index contributed by atoms with van der Waals surface area (Å²) in [5.41, 5.74) is 2.65. The lowest BCUT2D eigenvalue weighted by Gasteiger charge is -2.08. The smallest absolute Gasteiger partial charge is 0.129 e. The van der Waals surface area contributed by atoms with Crippen LogP contribution in [0.5, 0.6) is 0 Å². The number of benzene rings is 1. The summed E-state index contributed by atoms with van der Waals surface area (Å²) in [6.07, 6.45) is 1.62. The van der Waals surface area contributed by atoms with E-state index in [1.54, 1.807) is 6.07 Å². The molecule has 0 atom stereocenters. The van der Waals surface area contributed by atoms with Crippen LogP contribution >= 0.6 is 0 Å². The van der Waals surface area contributed by atoms with E-state index in [0.717, 1.165) is 47.0 Å². The summed E-state index contributed by atoms with van der Waals surface area (Å²) in [6.45, 7) is 4.67. The van der Waals surface area contributed by atoms with E-state index in [1.807, 2.05) is 24.6 Å². The summed E-state index contributed by atoms with van der Waals surface area (Å²) in [4.78, 5) is 13.3. The fourth-order valence-electron chi connectivity index (χ4n) is 2.64. The number of nitrogens with zero attached hydrogens (tertiary/aromatic N) is 4. The topological polar surface area (TPSA) is 55.6 Å². The molecule has 1 aromatic carbocycles. The number of aromatic nitrogens is 4. The zero-order valence-corrected chi connectivity index (χ0v) is 13.6. The summed E-state index contributed by atoms with van der Waals surface area (Å²) >= 11 is 0. The maximum Gasteiger partial charge on any atom is 0.129 e. The summed E-state index contributed by atoms with van der Waals surface area (Å²) < 4.78 is 15.3. The third-order valence-electron chi connectivity index (χ3n) is 3.84. The molecule has 6 heteroatoms. The molecule has 0 aliphatic carbocycles. The SMILES string of the molecule is CCc1cc(NCCc2nc3ccc(F)cc3n2C)nc(C)n1. The maximum absolute atomic E-state index is 13.3. The molecule has 120 valence electrons. The van der Waals surface area contributed by atoms with Gasteiger partial charge in [0.1, 0.15) is 23.3 Å². The van der Waals surface area contributed by atoms with Crippen LogP contribution in [0.25, 0.3) is 11.0 Å². The van der Waals surface area contributed by atoms with E-state index < -0.39 is 0 Å². The number of anilines is 1. The summed E-state index contributed by atoms with van der Waals surface area (Å²) in [5.74, 6) is 2.28. The molecule has 1 N–H and O–H groups in total. The Morgan fingerprint density at radius 1 is 1.17 bits per heavy atom. The first-order chi connectivity index (χ1) is 11.1. The number of hydrogen-bond acceptors (Lipinski definition) is 4. The van der Waals surface area contributed by atoms with Crippen molar-refractivity contribution in [2.24, 2.45) is 7.05 Å². The van der Waals surface area contributed by atoms with Crippen LogP contribution < -0.4 is 5.32 Å². The number of fused-ring (bicyclic) bond motifs is 1. The van der Waals surface area contributed by atoms with Crippen LogP contribution in [-0.4, -0.2) is 26.1 Å². The van der Waals surface area contributed by atoms with Crippen LogP contribution in [0.4, 0.5) is 10.2 Å². The Bertz CT molecular complexity index is 840. The van der Waals surface area contributed by atoms with Crippen molar-refractivity contribution in [1.82, 2.24) is 19.5 Å². The van der Waals surface area contributed by atoms with E-state index in [0.29, 0.717) is 6.54 Å². The number of aryl methyl sites for hydroxylation is 3. The van der Waals surface area contributed by atoms with Crippen molar-refractivity contribution in [2.45, 2.75) is 26.7 Å². The fourth-order valence-corrected chi connectivity index (χ4v) is 2.64. The molecule has 2 heterocycles. The normalized spacial score (nSPS) is 11.1. The molecule has 3 aromatic rings. The van der Waals surface area contributed by atoms with Crippen molar-refractivity contribution in [2.75, 3.05) is 11.9 Å². The van der Waals surface area contributed by atoms with Gasteiger partial charge < -0.3 is 9.88 Å². The lowest BCUT2D eigenvalue weighted by molar-refractivity contribution is 0.628. The minimum atomic E-state index is -0.242. The van der Waals surface area contributed by atoms with Crippen molar-refractivity contribution >= 4 is 16.9 Å². The van der Waals surface area contributed by atoms with E-state index in [2.05, 4.69) is 27.2 Å². The molecule has 2 aromatic heterocycles. The molecule has 0 amide bonds. The van der Waals surface area contributed by atoms with Gasteiger partial charge in [-0.15, -0.1) is 0 Å². The Morgan fingerprint density at radius 3 is 2.78 bits per heavy atom. The molecular formula is C17H20FN5. The zero-order valence-electron chi connectivity index (χ0n) is 13.6. The van der Waals surface area contributed by atoms with E-state index in [4.69, 9.17) is 0 Å². The molecule has 0 aliphatic rings. The quantitative estimate of drug-likeness (QED) is 0.786. The van der Waals surface area contributed by atoms with Crippen molar-refractivity contribution in [3.63, 3.8) is 0 Å². The van der Waals surface area contributed by atoms with E-state index in [-0.39, 0.29) is 5.82 Å². The van der Waals surface area contributed by atoms with Gasteiger partial charge in [0.25, 0.3) is 0 Å². The van der Waals surface area contributed by atoms with Gasteiger partial charge in [-0.2, -0.15) is 0 Å². The predicted molar refractivity (Wildman–Crippen MR) is 89.0 cm³/mol. The van der Waals surface area contributed by atoms with Gasteiger partial charge in [0, 0.05) is 31.8 Å². The van der Waals surface area contributed by atoms with Crippen LogP contribution in [0.15, 0.2) is 24.3 Å². The van der Waals surface area contributed by atoms with Gasteiger partial charge in [-0.3, -0.25) is 0 Å². The zero-order chi connectivity index (χ0) is 16.4. The molecule has 0 bridgehead atoms. The highest BCUT2D eigenvalue weighted by Crippen LogP contribution is 2.16. The average molecular weight is 313 g/mol. The van der Waals surface area contributed by atoms with Gasteiger partial charge in [-0.25, -0.2) is 19.3 Å². The number of rotatable bonds is 5. The van der Waals surface area contributed by atoms with Crippen LogP contribution in [0.2, 0.25) is 0 Å². The van der Waals surface area contributed by atoms with E-state index >= 15 is 0 Å². The maximum atomic E-state index is 13.3. The lowest BCUT2D eigenvalue weighted by Crippen LogP contribution is -2.11. The lowest BCUT2D eigenvalue weighted by atomic mass is 10.3. The van der Waals surface area contributed by atoms with E-state index in [9.17, 15) is 4.39 Å². The third-order valence-corrected chi connectivity index (χ3v) is 3.84. The van der Waals surface area contributed by atoms with Crippen LogP contribution in [0, 0.1) is 12.7 Å². The largest absolute Gasteiger partial charge is 0.370 e. The van der Waals surface area contributed by atoms with Crippen molar-refractivity contribution in [3.8, 4) is 0 Å². The second kappa shape index (κ2) is 6.32. The van der Waals surface area contributed by atoms with Gasteiger partial charge in [0.15, 0.2) is 0 Å². The van der Waals surface area contributed by atoms with Crippen LogP contribution in [0.3, 0.4) is 0 Å². The summed E-state index contributed by atoms with van der Waals surface area (Å²) in [6, 6.07) is 6.63. The van der Waals surface area contributed by atoms with Gasteiger partial charge in [-0.05, 0) is 31.5 Å². The van der Waals surface area contributed by atoms with Crippen molar-refractivity contribution in [1.29, 1.82) is 0 Å². The molecule has 0 aliphatic heterocycles. The van der Waals surface area contributed by atoms with Crippen molar-refractivity contribution < 1.29 is 4.39 Å². The highest BCUT2D eigenvalue weighted by atomic mass is 19.1. The van der Waals surface area contributed by atoms with E-state index in [1.165, 1.54) is 12.1 Å². The molecule has 0 saturated heterocycles. The highest BCUT2D eigenvalue weighted by molar-refractivity contribution is 5.75. The van der Waals surface area contributed by atoms with Gasteiger partial charge >= 0.3 is 0 Å². The first kappa shape index (κ1) is 15.4. The molecular weight excluding hydrogens is 293 g/mol.